The SMILES string of the molecule is CC(C)(C)CCC(NC(=O)c1ccc2ncccc2c1)C(=O)O. The van der Waals surface area contributed by atoms with Crippen molar-refractivity contribution >= 4 is 22.8 Å². The van der Waals surface area contributed by atoms with E-state index in [9.17, 15) is 14.7 Å². The van der Waals surface area contributed by atoms with Crippen LogP contribution in [-0.4, -0.2) is 28.0 Å². The number of carboxylic acids is 1. The number of carbonyl (C=O) groups excluding carboxylic acids is 1. The van der Waals surface area contributed by atoms with E-state index in [0.29, 0.717) is 18.4 Å². The summed E-state index contributed by atoms with van der Waals surface area (Å²) in [5, 5.41) is 12.8. The number of amides is 1. The molecule has 1 heterocycles. The Balaban J connectivity index is 2.12. The van der Waals surface area contributed by atoms with E-state index in [4.69, 9.17) is 0 Å². The first kappa shape index (κ1) is 16.9. The number of pyridine rings is 1. The molecule has 5 nitrogen and oxygen atoms in total. The van der Waals surface area contributed by atoms with Crippen molar-refractivity contribution in [2.45, 2.75) is 39.7 Å². The molecule has 0 radical (unpaired) electrons. The molecule has 0 aliphatic heterocycles. The van der Waals surface area contributed by atoms with Gasteiger partial charge in [-0.1, -0.05) is 26.8 Å². The molecule has 0 spiro atoms. The average Bonchev–Trinajstić information content (AvgIpc) is 2.49. The van der Waals surface area contributed by atoms with E-state index in [1.54, 1.807) is 30.5 Å². The van der Waals surface area contributed by atoms with E-state index < -0.39 is 12.0 Å². The van der Waals surface area contributed by atoms with Gasteiger partial charge in [0.05, 0.1) is 5.52 Å². The Hall–Kier alpha value is -2.43. The standard InChI is InChI=1S/C18H22N2O3/c1-18(2,3)9-8-15(17(22)23)20-16(21)13-6-7-14-12(11-13)5-4-10-19-14/h4-7,10-11,15H,8-9H2,1-3H3,(H,20,21)(H,22,23). The third-order valence-corrected chi connectivity index (χ3v) is 3.65. The van der Waals surface area contributed by atoms with Crippen LogP contribution in [0.25, 0.3) is 10.9 Å². The number of hydrogen-bond acceptors (Lipinski definition) is 3. The van der Waals surface area contributed by atoms with Crippen molar-refractivity contribution in [2.75, 3.05) is 0 Å². The molecule has 0 aliphatic carbocycles. The fourth-order valence-electron chi connectivity index (χ4n) is 2.29. The van der Waals surface area contributed by atoms with Crippen molar-refractivity contribution < 1.29 is 14.7 Å². The van der Waals surface area contributed by atoms with Crippen molar-refractivity contribution in [2.24, 2.45) is 5.41 Å². The second kappa shape index (κ2) is 6.77. The zero-order valence-corrected chi connectivity index (χ0v) is 13.7. The molecule has 0 saturated carbocycles. The van der Waals surface area contributed by atoms with Gasteiger partial charge < -0.3 is 10.4 Å². The quantitative estimate of drug-likeness (QED) is 0.888. The van der Waals surface area contributed by atoms with Crippen LogP contribution in [0.5, 0.6) is 0 Å². The van der Waals surface area contributed by atoms with Crippen LogP contribution in [0.4, 0.5) is 0 Å². The van der Waals surface area contributed by atoms with Gasteiger partial charge in [0.15, 0.2) is 0 Å². The van der Waals surface area contributed by atoms with Crippen LogP contribution >= 0.6 is 0 Å². The lowest BCUT2D eigenvalue weighted by Gasteiger charge is -2.21. The van der Waals surface area contributed by atoms with Gasteiger partial charge in [-0.25, -0.2) is 4.79 Å². The van der Waals surface area contributed by atoms with Gasteiger partial charge in [0.1, 0.15) is 6.04 Å². The molecule has 2 rings (SSSR count). The Kier molecular flexibility index (Phi) is 4.98. The third kappa shape index (κ3) is 4.77. The minimum absolute atomic E-state index is 0.0209. The summed E-state index contributed by atoms with van der Waals surface area (Å²) in [6.07, 6.45) is 2.81. The average molecular weight is 314 g/mol. The van der Waals surface area contributed by atoms with Crippen LogP contribution in [0.1, 0.15) is 44.0 Å². The van der Waals surface area contributed by atoms with Crippen LogP contribution in [0.15, 0.2) is 36.5 Å². The van der Waals surface area contributed by atoms with Crippen LogP contribution in [0.3, 0.4) is 0 Å². The number of hydrogen-bond donors (Lipinski definition) is 2. The van der Waals surface area contributed by atoms with E-state index in [1.807, 2.05) is 26.8 Å². The number of carbonyl (C=O) groups is 2. The molecule has 2 aromatic rings. The summed E-state index contributed by atoms with van der Waals surface area (Å²) in [7, 11) is 0. The molecule has 1 amide bonds. The molecule has 1 aromatic carbocycles. The molecule has 5 heteroatoms. The second-order valence-corrected chi connectivity index (χ2v) is 6.87. The Morgan fingerprint density at radius 1 is 1.26 bits per heavy atom. The maximum atomic E-state index is 12.3. The molecule has 23 heavy (non-hydrogen) atoms. The highest BCUT2D eigenvalue weighted by Gasteiger charge is 2.23. The van der Waals surface area contributed by atoms with E-state index in [2.05, 4.69) is 10.3 Å². The number of nitrogens with one attached hydrogen (secondary N) is 1. The number of aromatic nitrogens is 1. The third-order valence-electron chi connectivity index (χ3n) is 3.65. The molecule has 122 valence electrons. The molecule has 0 fully saturated rings. The lowest BCUT2D eigenvalue weighted by Crippen LogP contribution is -2.41. The summed E-state index contributed by atoms with van der Waals surface area (Å²) < 4.78 is 0. The van der Waals surface area contributed by atoms with Gasteiger partial charge in [-0.15, -0.1) is 0 Å². The molecule has 0 aliphatic rings. The smallest absolute Gasteiger partial charge is 0.326 e. The Labute approximate surface area is 135 Å². The van der Waals surface area contributed by atoms with Gasteiger partial charge >= 0.3 is 5.97 Å². The number of benzene rings is 1. The van der Waals surface area contributed by atoms with Crippen LogP contribution in [0, 0.1) is 5.41 Å². The van der Waals surface area contributed by atoms with Crippen molar-refractivity contribution in [1.82, 2.24) is 10.3 Å². The Bertz CT molecular complexity index is 720. The molecule has 0 saturated heterocycles. The van der Waals surface area contributed by atoms with E-state index in [0.717, 1.165) is 10.9 Å². The summed E-state index contributed by atoms with van der Waals surface area (Å²) in [6.45, 7) is 6.14. The normalized spacial score (nSPS) is 12.8. The number of nitrogens with zero attached hydrogens (tertiary/aromatic N) is 1. The van der Waals surface area contributed by atoms with E-state index in [-0.39, 0.29) is 11.3 Å². The van der Waals surface area contributed by atoms with Crippen LogP contribution < -0.4 is 5.32 Å². The highest BCUT2D eigenvalue weighted by molar-refractivity contribution is 5.99. The molecule has 1 unspecified atom stereocenters. The lowest BCUT2D eigenvalue weighted by atomic mass is 9.88. The van der Waals surface area contributed by atoms with Crippen molar-refractivity contribution in [3.05, 3.63) is 42.1 Å². The first-order valence-electron chi connectivity index (χ1n) is 7.65. The van der Waals surface area contributed by atoms with E-state index >= 15 is 0 Å². The van der Waals surface area contributed by atoms with Gasteiger partial charge in [0.25, 0.3) is 5.91 Å². The number of carboxylic acid groups (broad SMARTS) is 1. The molecular formula is C18H22N2O3. The predicted molar refractivity (Wildman–Crippen MR) is 89.3 cm³/mol. The Morgan fingerprint density at radius 3 is 2.65 bits per heavy atom. The molecule has 0 bridgehead atoms. The predicted octanol–water partition coefficient (Wildman–Crippen LogP) is 3.24. The summed E-state index contributed by atoms with van der Waals surface area (Å²) in [5.74, 6) is -1.39. The highest BCUT2D eigenvalue weighted by atomic mass is 16.4. The minimum atomic E-state index is -1.01. The van der Waals surface area contributed by atoms with Crippen molar-refractivity contribution in [1.29, 1.82) is 0 Å². The zero-order chi connectivity index (χ0) is 17.0. The van der Waals surface area contributed by atoms with E-state index in [1.165, 1.54) is 0 Å². The topological polar surface area (TPSA) is 79.3 Å². The van der Waals surface area contributed by atoms with Gasteiger partial charge in [-0.3, -0.25) is 9.78 Å². The molecule has 1 atom stereocenters. The fraction of sp³-hybridized carbons (Fsp3) is 0.389. The summed E-state index contributed by atoms with van der Waals surface area (Å²) in [4.78, 5) is 27.9. The maximum Gasteiger partial charge on any atom is 0.326 e. The Morgan fingerprint density at radius 2 is 2.00 bits per heavy atom. The zero-order valence-electron chi connectivity index (χ0n) is 13.7. The molecule has 2 N–H and O–H groups in total. The van der Waals surface area contributed by atoms with Gasteiger partial charge in [-0.05, 0) is 42.5 Å². The summed E-state index contributed by atoms with van der Waals surface area (Å²) in [6, 6.07) is 7.93. The van der Waals surface area contributed by atoms with Crippen LogP contribution in [-0.2, 0) is 4.79 Å². The number of fused-ring (bicyclic) bond motifs is 1. The lowest BCUT2D eigenvalue weighted by molar-refractivity contribution is -0.139. The maximum absolute atomic E-state index is 12.3. The van der Waals surface area contributed by atoms with Crippen molar-refractivity contribution in [3.8, 4) is 0 Å². The largest absolute Gasteiger partial charge is 0.480 e. The first-order valence-corrected chi connectivity index (χ1v) is 7.65. The monoisotopic (exact) mass is 314 g/mol. The summed E-state index contributed by atoms with van der Waals surface area (Å²) in [5.41, 5.74) is 1.26. The first-order chi connectivity index (χ1) is 10.8. The van der Waals surface area contributed by atoms with Crippen LogP contribution in [0.2, 0.25) is 0 Å². The molecular weight excluding hydrogens is 292 g/mol. The van der Waals surface area contributed by atoms with Crippen molar-refractivity contribution in [3.63, 3.8) is 0 Å². The number of aliphatic carboxylic acids is 1. The fourth-order valence-corrected chi connectivity index (χ4v) is 2.29. The highest BCUT2D eigenvalue weighted by Crippen LogP contribution is 2.22. The second-order valence-electron chi connectivity index (χ2n) is 6.87. The van der Waals surface area contributed by atoms with Gasteiger partial charge in [0.2, 0.25) is 0 Å². The van der Waals surface area contributed by atoms with Gasteiger partial charge in [-0.2, -0.15) is 0 Å². The number of rotatable bonds is 5. The minimum Gasteiger partial charge on any atom is -0.480 e. The molecule has 1 aromatic heterocycles. The van der Waals surface area contributed by atoms with Gasteiger partial charge in [0, 0.05) is 17.1 Å². The summed E-state index contributed by atoms with van der Waals surface area (Å²) >= 11 is 0.